The summed E-state index contributed by atoms with van der Waals surface area (Å²) in [5.41, 5.74) is 4.29. The van der Waals surface area contributed by atoms with Gasteiger partial charge in [-0.15, -0.1) is 0 Å². The number of benzene rings is 2. The van der Waals surface area contributed by atoms with Crippen LogP contribution in [0.3, 0.4) is 0 Å². The molecule has 202 valence electrons. The third kappa shape index (κ3) is 5.93. The smallest absolute Gasteiger partial charge is 0.230 e. The SMILES string of the molecule is COc1ccc(C2CCC(CN(C(=O)C3CCC(O)CC3)c3cccc(-c4noc(C)n4)c3)CC2)cc1C. The lowest BCUT2D eigenvalue weighted by Gasteiger charge is -2.36. The fourth-order valence-electron chi connectivity index (χ4n) is 6.19. The van der Waals surface area contributed by atoms with Crippen LogP contribution in [0.4, 0.5) is 5.69 Å². The average Bonchev–Trinajstić information content (AvgIpc) is 3.38. The lowest BCUT2D eigenvalue weighted by atomic mass is 9.78. The van der Waals surface area contributed by atoms with Gasteiger partial charge in [-0.05, 0) is 99.5 Å². The van der Waals surface area contributed by atoms with E-state index >= 15 is 0 Å². The summed E-state index contributed by atoms with van der Waals surface area (Å²) in [5, 5.41) is 14.1. The molecule has 2 aliphatic carbocycles. The maximum atomic E-state index is 13.9. The summed E-state index contributed by atoms with van der Waals surface area (Å²) in [7, 11) is 1.72. The van der Waals surface area contributed by atoms with Crippen LogP contribution in [0.2, 0.25) is 0 Å². The Morgan fingerprint density at radius 2 is 1.79 bits per heavy atom. The van der Waals surface area contributed by atoms with Gasteiger partial charge in [0.1, 0.15) is 5.75 Å². The van der Waals surface area contributed by atoms with Crippen LogP contribution in [0.25, 0.3) is 11.4 Å². The third-order valence-electron chi connectivity index (χ3n) is 8.43. The summed E-state index contributed by atoms with van der Waals surface area (Å²) in [4.78, 5) is 20.3. The molecule has 0 aliphatic heterocycles. The van der Waals surface area contributed by atoms with E-state index in [1.54, 1.807) is 14.0 Å². The zero-order chi connectivity index (χ0) is 26.6. The minimum atomic E-state index is -0.283. The Morgan fingerprint density at radius 3 is 2.45 bits per heavy atom. The van der Waals surface area contributed by atoms with E-state index < -0.39 is 0 Å². The van der Waals surface area contributed by atoms with Gasteiger partial charge >= 0.3 is 0 Å². The number of carbonyl (C=O) groups is 1. The van der Waals surface area contributed by atoms with Crippen LogP contribution in [0.1, 0.15) is 74.3 Å². The Labute approximate surface area is 225 Å². The van der Waals surface area contributed by atoms with Gasteiger partial charge in [-0.1, -0.05) is 29.4 Å². The zero-order valence-corrected chi connectivity index (χ0v) is 22.7. The average molecular weight is 518 g/mol. The molecule has 0 unspecified atom stereocenters. The van der Waals surface area contributed by atoms with Gasteiger partial charge in [-0.25, -0.2) is 0 Å². The number of hydrogen-bond acceptors (Lipinski definition) is 6. The molecule has 5 rings (SSSR count). The Bertz CT molecular complexity index is 1240. The van der Waals surface area contributed by atoms with Crippen molar-refractivity contribution in [3.63, 3.8) is 0 Å². The number of aliphatic hydroxyl groups excluding tert-OH is 1. The molecule has 3 aromatic rings. The fourth-order valence-corrected chi connectivity index (χ4v) is 6.19. The molecule has 2 saturated carbocycles. The predicted octanol–water partition coefficient (Wildman–Crippen LogP) is 6.22. The van der Waals surface area contributed by atoms with Gasteiger partial charge in [0, 0.05) is 30.6 Å². The first kappa shape index (κ1) is 26.4. The number of nitrogens with zero attached hydrogens (tertiary/aromatic N) is 3. The number of hydrogen-bond donors (Lipinski definition) is 1. The molecule has 1 N–H and O–H groups in total. The maximum Gasteiger partial charge on any atom is 0.230 e. The van der Waals surface area contributed by atoms with Crippen molar-refractivity contribution in [2.75, 3.05) is 18.6 Å². The van der Waals surface area contributed by atoms with E-state index in [9.17, 15) is 9.90 Å². The number of anilines is 1. The van der Waals surface area contributed by atoms with Gasteiger partial charge in [0.2, 0.25) is 17.6 Å². The van der Waals surface area contributed by atoms with Crippen molar-refractivity contribution in [3.8, 4) is 17.1 Å². The summed E-state index contributed by atoms with van der Waals surface area (Å²) in [5.74, 6) is 3.10. The number of aryl methyl sites for hydroxylation is 2. The standard InChI is InChI=1S/C31H39N3O4/c1-20-17-25(13-16-29(20)37-3)23-9-7-22(8-10-23)19-34(31(36)24-11-14-28(35)15-12-24)27-6-4-5-26(18-27)30-32-21(2)38-33-30/h4-6,13,16-18,22-24,28,35H,7-12,14-15,19H2,1-3H3. The highest BCUT2D eigenvalue weighted by atomic mass is 16.5. The Morgan fingerprint density at radius 1 is 1.03 bits per heavy atom. The highest BCUT2D eigenvalue weighted by molar-refractivity contribution is 5.95. The highest BCUT2D eigenvalue weighted by Crippen LogP contribution is 2.39. The van der Waals surface area contributed by atoms with Gasteiger partial charge in [-0.3, -0.25) is 4.79 Å². The quantitative estimate of drug-likeness (QED) is 0.400. The van der Waals surface area contributed by atoms with Crippen LogP contribution in [-0.4, -0.2) is 40.9 Å². The van der Waals surface area contributed by atoms with E-state index in [1.165, 1.54) is 11.1 Å². The van der Waals surface area contributed by atoms with E-state index in [0.717, 1.165) is 55.5 Å². The molecule has 1 aromatic heterocycles. The van der Waals surface area contributed by atoms with Crippen LogP contribution in [0, 0.1) is 25.7 Å². The predicted molar refractivity (Wildman–Crippen MR) is 147 cm³/mol. The summed E-state index contributed by atoms with van der Waals surface area (Å²) in [6.07, 6.45) is 7.01. The van der Waals surface area contributed by atoms with Crippen LogP contribution in [-0.2, 0) is 4.79 Å². The largest absolute Gasteiger partial charge is 0.496 e. The van der Waals surface area contributed by atoms with E-state index in [-0.39, 0.29) is 17.9 Å². The van der Waals surface area contributed by atoms with Gasteiger partial charge in [-0.2, -0.15) is 4.98 Å². The number of carbonyl (C=O) groups excluding carboxylic acids is 1. The second-order valence-corrected chi connectivity index (χ2v) is 11.1. The first-order valence-corrected chi connectivity index (χ1v) is 14.0. The second kappa shape index (κ2) is 11.7. The topological polar surface area (TPSA) is 88.7 Å². The number of rotatable bonds is 7. The lowest BCUT2D eigenvalue weighted by molar-refractivity contribution is -0.124. The number of aliphatic hydroxyl groups is 1. The van der Waals surface area contributed by atoms with Crippen LogP contribution in [0.15, 0.2) is 47.0 Å². The minimum Gasteiger partial charge on any atom is -0.496 e. The van der Waals surface area contributed by atoms with E-state index in [0.29, 0.717) is 42.9 Å². The van der Waals surface area contributed by atoms with Gasteiger partial charge in [0.25, 0.3) is 0 Å². The van der Waals surface area contributed by atoms with Gasteiger partial charge in [0.05, 0.1) is 13.2 Å². The van der Waals surface area contributed by atoms with Crippen molar-refractivity contribution in [1.82, 2.24) is 10.1 Å². The number of ether oxygens (including phenoxy) is 1. The molecule has 0 spiro atoms. The van der Waals surface area contributed by atoms with Crippen molar-refractivity contribution in [2.45, 2.75) is 77.2 Å². The third-order valence-corrected chi connectivity index (χ3v) is 8.43. The maximum absolute atomic E-state index is 13.9. The number of aromatic nitrogens is 2. The molecule has 2 aromatic carbocycles. The summed E-state index contributed by atoms with van der Waals surface area (Å²) in [6.45, 7) is 4.59. The number of methoxy groups -OCH3 is 1. The molecule has 2 fully saturated rings. The van der Waals surface area contributed by atoms with E-state index in [4.69, 9.17) is 9.26 Å². The first-order chi connectivity index (χ1) is 18.4. The lowest BCUT2D eigenvalue weighted by Crippen LogP contribution is -2.41. The molecular formula is C31H39N3O4. The second-order valence-electron chi connectivity index (χ2n) is 11.1. The number of amides is 1. The molecule has 0 bridgehead atoms. The first-order valence-electron chi connectivity index (χ1n) is 14.0. The fraction of sp³-hybridized carbons (Fsp3) is 0.516. The van der Waals surface area contributed by atoms with Crippen molar-refractivity contribution >= 4 is 11.6 Å². The summed E-state index contributed by atoms with van der Waals surface area (Å²) < 4.78 is 10.6. The molecule has 0 atom stereocenters. The van der Waals surface area contributed by atoms with Gasteiger partial charge in [0.15, 0.2) is 0 Å². The monoisotopic (exact) mass is 517 g/mol. The van der Waals surface area contributed by atoms with E-state index in [1.807, 2.05) is 29.2 Å². The van der Waals surface area contributed by atoms with Crippen molar-refractivity contribution < 1.29 is 19.2 Å². The molecule has 0 radical (unpaired) electrons. The molecule has 1 amide bonds. The molecule has 7 nitrogen and oxygen atoms in total. The normalized spacial score (nSPS) is 23.7. The van der Waals surface area contributed by atoms with Crippen molar-refractivity contribution in [2.24, 2.45) is 11.8 Å². The molecule has 0 saturated heterocycles. The highest BCUT2D eigenvalue weighted by Gasteiger charge is 2.32. The Hall–Kier alpha value is -3.19. The molecule has 7 heteroatoms. The zero-order valence-electron chi connectivity index (χ0n) is 22.7. The van der Waals surface area contributed by atoms with Gasteiger partial charge < -0.3 is 19.3 Å². The Kier molecular flexibility index (Phi) is 8.12. The van der Waals surface area contributed by atoms with Crippen molar-refractivity contribution in [1.29, 1.82) is 0 Å². The molecule has 1 heterocycles. The molecular weight excluding hydrogens is 478 g/mol. The summed E-state index contributed by atoms with van der Waals surface area (Å²) in [6, 6.07) is 14.5. The Balaban J connectivity index is 1.32. The van der Waals surface area contributed by atoms with Crippen LogP contribution in [0.5, 0.6) is 5.75 Å². The summed E-state index contributed by atoms with van der Waals surface area (Å²) >= 11 is 0. The van der Waals surface area contributed by atoms with E-state index in [2.05, 4.69) is 35.3 Å². The van der Waals surface area contributed by atoms with Crippen molar-refractivity contribution in [3.05, 3.63) is 59.5 Å². The minimum absolute atomic E-state index is 0.0481. The molecule has 38 heavy (non-hydrogen) atoms. The van der Waals surface area contributed by atoms with Crippen LogP contribution >= 0.6 is 0 Å². The molecule has 2 aliphatic rings. The van der Waals surface area contributed by atoms with Crippen LogP contribution < -0.4 is 9.64 Å².